The molecule has 9 heteroatoms. The van der Waals surface area contributed by atoms with Crippen LogP contribution in [0.5, 0.6) is 11.5 Å². The molecule has 0 aliphatic carbocycles. The Labute approximate surface area is 236 Å². The van der Waals surface area contributed by atoms with E-state index in [4.69, 9.17) is 18.9 Å². The molecule has 0 saturated heterocycles. The number of fused-ring (bicyclic) bond motifs is 2. The number of halogens is 2. The number of nitrogens with zero attached hydrogens (tertiary/aromatic N) is 3. The summed E-state index contributed by atoms with van der Waals surface area (Å²) in [5.41, 5.74) is 2.35. The van der Waals surface area contributed by atoms with Crippen molar-refractivity contribution < 1.29 is 18.3 Å². The third kappa shape index (κ3) is 4.99. The Hall–Kier alpha value is -4.76. The van der Waals surface area contributed by atoms with Gasteiger partial charge < -0.3 is 13.9 Å². The summed E-state index contributed by atoms with van der Waals surface area (Å²) in [4.78, 5) is 18.3. The van der Waals surface area contributed by atoms with Crippen molar-refractivity contribution in [2.24, 2.45) is 5.10 Å². The van der Waals surface area contributed by atoms with Gasteiger partial charge in [-0.2, -0.15) is 9.78 Å². The average Bonchev–Trinajstić information content (AvgIpc) is 3.41. The maximum atomic E-state index is 13.5. The number of benzene rings is 4. The maximum Gasteiger partial charge on any atom is 0.282 e. The van der Waals surface area contributed by atoms with E-state index in [1.807, 2.05) is 36.4 Å². The minimum atomic E-state index is -0.331. The van der Waals surface area contributed by atoms with Crippen molar-refractivity contribution in [3.8, 4) is 23.1 Å². The number of furan rings is 1. The number of methoxy groups -OCH3 is 1. The summed E-state index contributed by atoms with van der Waals surface area (Å²) in [5, 5.41) is 5.85. The highest BCUT2D eigenvalue weighted by atomic mass is 79.9. The molecular formula is C31H21BrFN3O4. The summed E-state index contributed by atoms with van der Waals surface area (Å²) < 4.78 is 32.6. The van der Waals surface area contributed by atoms with Crippen LogP contribution >= 0.6 is 15.9 Å². The summed E-state index contributed by atoms with van der Waals surface area (Å²) in [5.74, 6) is 1.33. The molecule has 0 spiro atoms. The lowest BCUT2D eigenvalue weighted by Crippen LogP contribution is -2.20. The van der Waals surface area contributed by atoms with E-state index >= 15 is 0 Å². The van der Waals surface area contributed by atoms with E-state index < -0.39 is 0 Å². The second-order valence-corrected chi connectivity index (χ2v) is 9.77. The third-order valence-electron chi connectivity index (χ3n) is 6.27. The Bertz CT molecular complexity index is 1910. The summed E-state index contributed by atoms with van der Waals surface area (Å²) in [7, 11) is 1.53. The van der Waals surface area contributed by atoms with Gasteiger partial charge in [0.1, 0.15) is 18.0 Å². The fourth-order valence-electron chi connectivity index (χ4n) is 4.30. The van der Waals surface area contributed by atoms with Crippen LogP contribution in [0.25, 0.3) is 33.5 Å². The highest BCUT2D eigenvalue weighted by molar-refractivity contribution is 9.10. The minimum Gasteiger partial charge on any atom is -0.493 e. The van der Waals surface area contributed by atoms with E-state index in [-0.39, 0.29) is 23.8 Å². The smallest absolute Gasteiger partial charge is 0.282 e. The van der Waals surface area contributed by atoms with Gasteiger partial charge in [0.25, 0.3) is 5.56 Å². The highest BCUT2D eigenvalue weighted by Gasteiger charge is 2.17. The quantitative estimate of drug-likeness (QED) is 0.182. The zero-order valence-electron chi connectivity index (χ0n) is 21.2. The highest BCUT2D eigenvalue weighted by Crippen LogP contribution is 2.37. The standard InChI is InChI=1S/C31H21BrFN3O4/c1-38-27-15-20(14-24(32)29(27)39-18-19-10-12-22(33)13-11-19)17-34-36-30(28-16-21-6-2-5-9-26(21)40-28)35-25-8-4-3-7-23(25)31(36)37/h2-17H,18H2,1H3. The third-order valence-corrected chi connectivity index (χ3v) is 6.86. The Morgan fingerprint density at radius 1 is 1.02 bits per heavy atom. The van der Waals surface area contributed by atoms with Crippen molar-refractivity contribution in [2.45, 2.75) is 6.61 Å². The molecular weight excluding hydrogens is 577 g/mol. The molecule has 40 heavy (non-hydrogen) atoms. The fraction of sp³-hybridized carbons (Fsp3) is 0.0645. The molecule has 2 heterocycles. The van der Waals surface area contributed by atoms with Crippen molar-refractivity contribution in [3.05, 3.63) is 123 Å². The van der Waals surface area contributed by atoms with Crippen LogP contribution in [0.15, 0.2) is 110 Å². The fourth-order valence-corrected chi connectivity index (χ4v) is 4.87. The molecule has 2 aromatic heterocycles. The molecule has 198 valence electrons. The van der Waals surface area contributed by atoms with Gasteiger partial charge >= 0.3 is 0 Å². The van der Waals surface area contributed by atoms with Gasteiger partial charge in [0, 0.05) is 5.39 Å². The lowest BCUT2D eigenvalue weighted by Gasteiger charge is -2.13. The van der Waals surface area contributed by atoms with E-state index in [9.17, 15) is 9.18 Å². The Morgan fingerprint density at radius 2 is 1.80 bits per heavy atom. The van der Waals surface area contributed by atoms with Crippen molar-refractivity contribution >= 4 is 44.0 Å². The molecule has 7 nitrogen and oxygen atoms in total. The van der Waals surface area contributed by atoms with E-state index in [0.29, 0.717) is 43.8 Å². The first-order valence-electron chi connectivity index (χ1n) is 12.3. The number of para-hydroxylation sites is 2. The van der Waals surface area contributed by atoms with Crippen molar-refractivity contribution in [1.29, 1.82) is 0 Å². The molecule has 0 aliphatic heterocycles. The molecule has 6 rings (SSSR count). The lowest BCUT2D eigenvalue weighted by atomic mass is 10.2. The van der Waals surface area contributed by atoms with Gasteiger partial charge in [-0.1, -0.05) is 42.5 Å². The lowest BCUT2D eigenvalue weighted by molar-refractivity contribution is 0.282. The zero-order chi connectivity index (χ0) is 27.6. The first-order valence-corrected chi connectivity index (χ1v) is 13.1. The number of hydrogen-bond donors (Lipinski definition) is 0. The normalized spacial score (nSPS) is 11.5. The monoisotopic (exact) mass is 597 g/mol. The van der Waals surface area contributed by atoms with Crippen molar-refractivity contribution in [2.75, 3.05) is 7.11 Å². The Balaban J connectivity index is 1.39. The van der Waals surface area contributed by atoms with Crippen LogP contribution in [-0.2, 0) is 6.61 Å². The number of ether oxygens (including phenoxy) is 2. The SMILES string of the molecule is COc1cc(C=Nn2c(-c3cc4ccccc4o3)nc3ccccc3c2=O)cc(Br)c1OCc1ccc(F)cc1. The maximum absolute atomic E-state index is 13.5. The van der Waals surface area contributed by atoms with Crippen LogP contribution in [-0.4, -0.2) is 23.0 Å². The van der Waals surface area contributed by atoms with Gasteiger partial charge in [-0.3, -0.25) is 4.79 Å². The summed E-state index contributed by atoms with van der Waals surface area (Å²) in [6, 6.07) is 26.2. The largest absolute Gasteiger partial charge is 0.493 e. The second-order valence-electron chi connectivity index (χ2n) is 8.91. The van der Waals surface area contributed by atoms with Crippen molar-refractivity contribution in [3.63, 3.8) is 0 Å². The molecule has 0 saturated carbocycles. The topological polar surface area (TPSA) is 78.9 Å². The van der Waals surface area contributed by atoms with Gasteiger partial charge in [0.05, 0.1) is 28.7 Å². The first-order chi connectivity index (χ1) is 19.5. The van der Waals surface area contributed by atoms with Gasteiger partial charge in [-0.05, 0) is 75.6 Å². The first kappa shape index (κ1) is 25.5. The molecule has 6 aromatic rings. The van der Waals surface area contributed by atoms with Gasteiger partial charge in [0.2, 0.25) is 5.82 Å². The molecule has 4 aromatic carbocycles. The summed E-state index contributed by atoms with van der Waals surface area (Å²) >= 11 is 3.55. The predicted molar refractivity (Wildman–Crippen MR) is 156 cm³/mol. The van der Waals surface area contributed by atoms with Gasteiger partial charge in [0.15, 0.2) is 17.3 Å². The Morgan fingerprint density at radius 3 is 2.60 bits per heavy atom. The second kappa shape index (κ2) is 10.8. The molecule has 0 fully saturated rings. The van der Waals surface area contributed by atoms with Crippen LogP contribution in [0, 0.1) is 5.82 Å². The number of rotatable bonds is 7. The molecule has 0 bridgehead atoms. The van der Waals surface area contributed by atoms with Crippen LogP contribution in [0.4, 0.5) is 4.39 Å². The van der Waals surface area contributed by atoms with E-state index in [1.165, 1.54) is 23.9 Å². The molecule has 0 aliphatic rings. The summed E-state index contributed by atoms with van der Waals surface area (Å²) in [6.45, 7) is 0.224. The molecule has 0 atom stereocenters. The van der Waals surface area contributed by atoms with Crippen LogP contribution in [0.1, 0.15) is 11.1 Å². The minimum absolute atomic E-state index is 0.224. The van der Waals surface area contributed by atoms with Crippen LogP contribution in [0.2, 0.25) is 0 Å². The molecule has 0 radical (unpaired) electrons. The number of hydrogen-bond acceptors (Lipinski definition) is 6. The molecule has 0 N–H and O–H groups in total. The van der Waals surface area contributed by atoms with Crippen LogP contribution < -0.4 is 15.0 Å². The zero-order valence-corrected chi connectivity index (χ0v) is 22.8. The van der Waals surface area contributed by atoms with E-state index in [2.05, 4.69) is 21.0 Å². The van der Waals surface area contributed by atoms with Gasteiger partial charge in [-0.25, -0.2) is 9.37 Å². The Kier molecular flexibility index (Phi) is 6.88. The van der Waals surface area contributed by atoms with Gasteiger partial charge in [-0.15, -0.1) is 0 Å². The molecule has 0 unspecified atom stereocenters. The van der Waals surface area contributed by atoms with E-state index in [0.717, 1.165) is 10.9 Å². The molecule has 0 amide bonds. The average molecular weight is 598 g/mol. The van der Waals surface area contributed by atoms with E-state index in [1.54, 1.807) is 48.7 Å². The summed E-state index contributed by atoms with van der Waals surface area (Å²) in [6.07, 6.45) is 1.54. The van der Waals surface area contributed by atoms with Crippen molar-refractivity contribution in [1.82, 2.24) is 9.66 Å². The van der Waals surface area contributed by atoms with Crippen LogP contribution in [0.3, 0.4) is 0 Å². The predicted octanol–water partition coefficient (Wildman–Crippen LogP) is 7.18. The number of aromatic nitrogens is 2.